The molecule has 1 amide bonds. The number of anilines is 1. The van der Waals surface area contributed by atoms with Crippen molar-refractivity contribution in [3.8, 4) is 0 Å². The Balaban J connectivity index is 1.69. The van der Waals surface area contributed by atoms with Crippen LogP contribution in [0.2, 0.25) is 0 Å². The molecule has 1 saturated carbocycles. The molecule has 8 heteroatoms. The smallest absolute Gasteiger partial charge is 0.410 e. The van der Waals surface area contributed by atoms with Crippen molar-refractivity contribution in [2.75, 3.05) is 17.7 Å². The minimum Gasteiger partial charge on any atom is -0.465 e. The second kappa shape index (κ2) is 7.08. The molecule has 0 aromatic heterocycles. The summed E-state index contributed by atoms with van der Waals surface area (Å²) in [6, 6.07) is 5.39. The number of thioether (sulfide) groups is 1. The van der Waals surface area contributed by atoms with Crippen LogP contribution < -0.4 is 10.6 Å². The fraction of sp³-hybridized carbons (Fsp3) is 0.556. The van der Waals surface area contributed by atoms with Crippen molar-refractivity contribution in [2.24, 2.45) is 10.9 Å². The Labute approximate surface area is 155 Å². The quantitative estimate of drug-likeness (QED) is 0.745. The number of fused-ring (bicyclic) bond motifs is 1. The van der Waals surface area contributed by atoms with E-state index < -0.39 is 11.8 Å². The van der Waals surface area contributed by atoms with Crippen molar-refractivity contribution in [2.45, 2.75) is 43.9 Å². The molecular formula is C18H22FN3O3S. The highest BCUT2D eigenvalue weighted by Gasteiger charge is 2.50. The van der Waals surface area contributed by atoms with Crippen LogP contribution in [0.15, 0.2) is 23.2 Å². The third-order valence-corrected chi connectivity index (χ3v) is 6.36. The molecule has 2 atom stereocenters. The summed E-state index contributed by atoms with van der Waals surface area (Å²) in [6.07, 6.45) is 4.27. The predicted molar refractivity (Wildman–Crippen MR) is 99.1 cm³/mol. The molecule has 4 rings (SSSR count). The van der Waals surface area contributed by atoms with Gasteiger partial charge in [0.1, 0.15) is 5.82 Å². The zero-order valence-electron chi connectivity index (χ0n) is 14.3. The third-order valence-electron chi connectivity index (χ3n) is 5.32. The first kappa shape index (κ1) is 17.6. The summed E-state index contributed by atoms with van der Waals surface area (Å²) in [5.41, 5.74) is 0.0894. The molecule has 2 aliphatic heterocycles. The molecule has 26 heavy (non-hydrogen) atoms. The average molecular weight is 379 g/mol. The minimum atomic E-state index is -1.18. The van der Waals surface area contributed by atoms with Crippen molar-refractivity contribution < 1.29 is 19.0 Å². The van der Waals surface area contributed by atoms with Crippen molar-refractivity contribution in [1.82, 2.24) is 5.32 Å². The van der Waals surface area contributed by atoms with E-state index in [1.807, 2.05) is 0 Å². The van der Waals surface area contributed by atoms with E-state index in [0.717, 1.165) is 24.9 Å². The van der Waals surface area contributed by atoms with Gasteiger partial charge in [-0.15, -0.1) is 0 Å². The van der Waals surface area contributed by atoms with Gasteiger partial charge in [0.05, 0.1) is 6.61 Å². The lowest BCUT2D eigenvalue weighted by molar-refractivity contribution is -0.0172. The number of hydrogen-bond donors (Lipinski definition) is 3. The fourth-order valence-corrected chi connectivity index (χ4v) is 5.17. The van der Waals surface area contributed by atoms with Crippen molar-refractivity contribution in [1.29, 1.82) is 0 Å². The summed E-state index contributed by atoms with van der Waals surface area (Å²) < 4.78 is 20.7. The second-order valence-corrected chi connectivity index (χ2v) is 8.02. The summed E-state index contributed by atoms with van der Waals surface area (Å²) in [6.45, 7) is 0.481. The number of carbonyl (C=O) groups is 1. The number of ether oxygens (including phenoxy) is 1. The van der Waals surface area contributed by atoms with E-state index in [0.29, 0.717) is 24.0 Å². The van der Waals surface area contributed by atoms with Gasteiger partial charge in [0.2, 0.25) is 0 Å². The van der Waals surface area contributed by atoms with E-state index in [1.54, 1.807) is 12.1 Å². The molecule has 1 aromatic carbocycles. The lowest BCUT2D eigenvalue weighted by Crippen LogP contribution is -2.41. The molecule has 1 aliphatic carbocycles. The van der Waals surface area contributed by atoms with Gasteiger partial charge in [0.25, 0.3) is 0 Å². The van der Waals surface area contributed by atoms with Gasteiger partial charge in [-0.05, 0) is 37.5 Å². The molecule has 0 radical (unpaired) electrons. The standard InChI is InChI=1S/C18H22FN3O3S/c19-15-6-5-13(20-12-3-1-2-4-12)9-14(15)18-11(7-8-25-18)10-26-16(22-18)21-17(23)24/h5-6,9,11-12,20H,1-4,7-8,10H2,(H,21,22)(H,23,24)/t11-,18+/m0/s1. The maximum Gasteiger partial charge on any atom is 0.410 e. The number of nitrogens with one attached hydrogen (secondary N) is 2. The van der Waals surface area contributed by atoms with E-state index in [1.165, 1.54) is 30.7 Å². The maximum atomic E-state index is 14.8. The molecular weight excluding hydrogens is 357 g/mol. The Morgan fingerprint density at radius 2 is 2.15 bits per heavy atom. The van der Waals surface area contributed by atoms with Crippen molar-refractivity contribution in [3.63, 3.8) is 0 Å². The Kier molecular flexibility index (Phi) is 4.79. The normalized spacial score (nSPS) is 28.5. The summed E-state index contributed by atoms with van der Waals surface area (Å²) >= 11 is 1.34. The van der Waals surface area contributed by atoms with Crippen LogP contribution in [0.25, 0.3) is 0 Å². The van der Waals surface area contributed by atoms with Crippen LogP contribution in [0, 0.1) is 11.7 Å². The first-order valence-corrected chi connectivity index (χ1v) is 9.98. The highest BCUT2D eigenvalue weighted by Crippen LogP contribution is 2.48. The van der Waals surface area contributed by atoms with Gasteiger partial charge >= 0.3 is 6.09 Å². The van der Waals surface area contributed by atoms with Gasteiger partial charge in [-0.1, -0.05) is 24.6 Å². The molecule has 140 valence electrons. The van der Waals surface area contributed by atoms with Crippen LogP contribution in [0.1, 0.15) is 37.7 Å². The van der Waals surface area contributed by atoms with Crippen molar-refractivity contribution in [3.05, 3.63) is 29.6 Å². The largest absolute Gasteiger partial charge is 0.465 e. The number of aliphatic imine (C=N–C) groups is 1. The van der Waals surface area contributed by atoms with E-state index in [4.69, 9.17) is 9.84 Å². The van der Waals surface area contributed by atoms with E-state index in [-0.39, 0.29) is 16.9 Å². The Bertz CT molecular complexity index is 738. The van der Waals surface area contributed by atoms with Gasteiger partial charge in [0.15, 0.2) is 10.9 Å². The molecule has 2 fully saturated rings. The highest BCUT2D eigenvalue weighted by molar-refractivity contribution is 8.13. The average Bonchev–Trinajstić information content (AvgIpc) is 3.25. The third kappa shape index (κ3) is 3.27. The Morgan fingerprint density at radius 1 is 1.35 bits per heavy atom. The van der Waals surface area contributed by atoms with Crippen LogP contribution in [0.3, 0.4) is 0 Å². The number of amides is 1. The number of nitrogens with zero attached hydrogens (tertiary/aromatic N) is 1. The molecule has 0 unspecified atom stereocenters. The summed E-state index contributed by atoms with van der Waals surface area (Å²) in [5, 5.41) is 15.0. The monoisotopic (exact) mass is 379 g/mol. The number of halogens is 1. The summed E-state index contributed by atoms with van der Waals surface area (Å²) in [7, 11) is 0. The lowest BCUT2D eigenvalue weighted by Gasteiger charge is -2.35. The topological polar surface area (TPSA) is 83.0 Å². The first-order chi connectivity index (χ1) is 12.6. The molecule has 1 aromatic rings. The molecule has 2 heterocycles. The highest BCUT2D eigenvalue weighted by atomic mass is 32.2. The maximum absolute atomic E-state index is 14.8. The van der Waals surface area contributed by atoms with E-state index in [9.17, 15) is 9.18 Å². The number of carboxylic acid groups (broad SMARTS) is 1. The zero-order chi connectivity index (χ0) is 18.1. The predicted octanol–water partition coefficient (Wildman–Crippen LogP) is 3.74. The first-order valence-electron chi connectivity index (χ1n) is 9.00. The van der Waals surface area contributed by atoms with Gasteiger partial charge in [-0.3, -0.25) is 5.32 Å². The van der Waals surface area contributed by atoms with Gasteiger partial charge in [0, 0.05) is 29.0 Å². The second-order valence-electron chi connectivity index (χ2n) is 7.01. The molecule has 1 saturated heterocycles. The van der Waals surface area contributed by atoms with Crippen LogP contribution in [0.5, 0.6) is 0 Å². The van der Waals surface area contributed by atoms with Crippen LogP contribution in [0.4, 0.5) is 14.9 Å². The Morgan fingerprint density at radius 3 is 2.92 bits per heavy atom. The lowest BCUT2D eigenvalue weighted by atomic mass is 9.89. The molecule has 3 aliphatic rings. The van der Waals surface area contributed by atoms with Gasteiger partial charge < -0.3 is 15.2 Å². The number of benzene rings is 1. The fourth-order valence-electron chi connectivity index (χ4n) is 4.06. The number of rotatable bonds is 3. The molecule has 3 N–H and O–H groups in total. The summed E-state index contributed by atoms with van der Waals surface area (Å²) in [4.78, 5) is 15.5. The van der Waals surface area contributed by atoms with E-state index >= 15 is 0 Å². The van der Waals surface area contributed by atoms with Gasteiger partial charge in [-0.2, -0.15) is 0 Å². The molecule has 6 nitrogen and oxygen atoms in total. The van der Waals surface area contributed by atoms with Gasteiger partial charge in [-0.25, -0.2) is 14.2 Å². The van der Waals surface area contributed by atoms with Crippen LogP contribution >= 0.6 is 11.8 Å². The SMILES string of the molecule is O=C(O)NC1=N[C@@]2(c3cc(NC4CCCC4)ccc3F)OCC[C@H]2CS1. The zero-order valence-corrected chi connectivity index (χ0v) is 15.2. The number of amidine groups is 1. The molecule has 0 bridgehead atoms. The number of hydrogen-bond acceptors (Lipinski definition) is 5. The van der Waals surface area contributed by atoms with Crippen LogP contribution in [-0.2, 0) is 10.5 Å². The molecule has 0 spiro atoms. The minimum absolute atomic E-state index is 0.0167. The van der Waals surface area contributed by atoms with Crippen molar-refractivity contribution >= 4 is 28.7 Å². The Hall–Kier alpha value is -1.80. The van der Waals surface area contributed by atoms with E-state index in [2.05, 4.69) is 15.6 Å². The van der Waals surface area contributed by atoms with Crippen LogP contribution in [-0.4, -0.2) is 34.8 Å². The summed E-state index contributed by atoms with van der Waals surface area (Å²) in [5.74, 6) is 0.279.